The summed E-state index contributed by atoms with van der Waals surface area (Å²) in [6, 6.07) is 15.1. The van der Waals surface area contributed by atoms with E-state index in [-0.39, 0.29) is 31.4 Å². The number of morpholine rings is 1. The van der Waals surface area contributed by atoms with Gasteiger partial charge in [0.1, 0.15) is 11.6 Å². The first-order chi connectivity index (χ1) is 15.5. The van der Waals surface area contributed by atoms with Crippen molar-refractivity contribution in [1.29, 1.82) is 0 Å². The van der Waals surface area contributed by atoms with Crippen molar-refractivity contribution in [3.63, 3.8) is 0 Å². The number of benzene rings is 2. The molecule has 0 unspecified atom stereocenters. The number of carbonyl (C=O) groups excluding carboxylic acids is 1. The summed E-state index contributed by atoms with van der Waals surface area (Å²) in [6.07, 6.45) is 0. The van der Waals surface area contributed by atoms with Gasteiger partial charge >= 0.3 is 0 Å². The Bertz CT molecular complexity index is 1140. The zero-order valence-corrected chi connectivity index (χ0v) is 19.2. The Morgan fingerprint density at radius 3 is 2.59 bits per heavy atom. The van der Waals surface area contributed by atoms with Gasteiger partial charge in [0.05, 0.1) is 35.8 Å². The Labute approximate surface area is 191 Å². The molecular weight excluding hydrogens is 450 g/mol. The number of thiazole rings is 1. The lowest BCUT2D eigenvalue weighted by Gasteiger charge is -2.26. The second-order valence-electron chi connectivity index (χ2n) is 7.38. The molecule has 1 amide bonds. The molecule has 4 rings (SSSR count). The minimum atomic E-state index is -3.44. The average Bonchev–Trinajstić information content (AvgIpc) is 3.22. The molecule has 1 N–H and O–H groups in total. The number of nitrogens with one attached hydrogen (secondary N) is 1. The van der Waals surface area contributed by atoms with Crippen molar-refractivity contribution in [2.24, 2.45) is 0 Å². The third-order valence-electron chi connectivity index (χ3n) is 5.09. The highest BCUT2D eigenvalue weighted by atomic mass is 32.2. The summed E-state index contributed by atoms with van der Waals surface area (Å²) in [6.45, 7) is 1.96. The molecule has 1 aliphatic heterocycles. The number of sulfonamides is 1. The van der Waals surface area contributed by atoms with Gasteiger partial charge in [-0.1, -0.05) is 36.4 Å². The summed E-state index contributed by atoms with van der Waals surface area (Å²) >= 11 is 1.54. The molecule has 32 heavy (non-hydrogen) atoms. The van der Waals surface area contributed by atoms with Crippen LogP contribution in [0.2, 0.25) is 0 Å². The monoisotopic (exact) mass is 475 g/mol. The number of fused-ring (bicyclic) bond motifs is 1. The lowest BCUT2D eigenvalue weighted by atomic mass is 10.1. The Morgan fingerprint density at radius 2 is 1.81 bits per heavy atom. The topological polar surface area (TPSA) is 97.8 Å². The number of para-hydroxylation sites is 1. The number of aromatic nitrogens is 1. The number of carbonyl (C=O) groups is 1. The first kappa shape index (κ1) is 22.8. The lowest BCUT2D eigenvalue weighted by Crippen LogP contribution is -2.41. The number of rotatable bonds is 9. The Morgan fingerprint density at radius 1 is 1.09 bits per heavy atom. The summed E-state index contributed by atoms with van der Waals surface area (Å²) in [5, 5.41) is 3.63. The largest absolute Gasteiger partial charge is 0.379 e. The summed E-state index contributed by atoms with van der Waals surface area (Å²) in [5.74, 6) is -0.371. The second-order valence-corrected chi connectivity index (χ2v) is 10.5. The van der Waals surface area contributed by atoms with Gasteiger partial charge in [0, 0.05) is 19.6 Å². The molecule has 0 saturated carbocycles. The fraction of sp³-hybridized carbons (Fsp3) is 0.364. The normalized spacial score (nSPS) is 15.1. The van der Waals surface area contributed by atoms with Crippen molar-refractivity contribution >= 4 is 37.5 Å². The first-order valence-corrected chi connectivity index (χ1v) is 12.7. The number of nitrogens with zero attached hydrogens (tertiary/aromatic N) is 2. The highest BCUT2D eigenvalue weighted by Gasteiger charge is 2.25. The van der Waals surface area contributed by atoms with Crippen LogP contribution in [0, 0.1) is 0 Å². The molecule has 1 aromatic heterocycles. The molecule has 1 saturated heterocycles. The van der Waals surface area contributed by atoms with Gasteiger partial charge in [-0.3, -0.25) is 4.79 Å². The predicted molar refractivity (Wildman–Crippen MR) is 123 cm³/mol. The van der Waals surface area contributed by atoms with Gasteiger partial charge in [-0.15, -0.1) is 11.3 Å². The smallest absolute Gasteiger partial charge is 0.246 e. The van der Waals surface area contributed by atoms with Gasteiger partial charge in [-0.05, 0) is 23.3 Å². The van der Waals surface area contributed by atoms with Crippen molar-refractivity contribution in [3.05, 3.63) is 64.7 Å². The van der Waals surface area contributed by atoms with Crippen LogP contribution in [0.15, 0.2) is 48.5 Å². The summed E-state index contributed by atoms with van der Waals surface area (Å²) in [7, 11) is -3.44. The van der Waals surface area contributed by atoms with Crippen molar-refractivity contribution in [1.82, 2.24) is 14.6 Å². The van der Waals surface area contributed by atoms with E-state index in [1.165, 1.54) is 4.31 Å². The number of amides is 1. The highest BCUT2D eigenvalue weighted by molar-refractivity contribution is 7.88. The fourth-order valence-electron chi connectivity index (χ4n) is 3.44. The van der Waals surface area contributed by atoms with Crippen LogP contribution in [0.25, 0.3) is 10.2 Å². The third kappa shape index (κ3) is 5.90. The maximum absolute atomic E-state index is 12.7. The predicted octanol–water partition coefficient (Wildman–Crippen LogP) is 2.29. The van der Waals surface area contributed by atoms with Gasteiger partial charge in [0.2, 0.25) is 15.9 Å². The molecule has 8 nitrogen and oxygen atoms in total. The SMILES string of the molecule is O=C(COCc1nc2ccccc2s1)NCc1ccccc1CS(=O)(=O)N1CCOCC1. The second kappa shape index (κ2) is 10.5. The molecule has 2 aromatic carbocycles. The zero-order chi connectivity index (χ0) is 22.4. The van der Waals surface area contributed by atoms with Crippen LogP contribution in [-0.2, 0) is 43.2 Å². The van der Waals surface area contributed by atoms with E-state index >= 15 is 0 Å². The molecule has 0 bridgehead atoms. The van der Waals surface area contributed by atoms with E-state index < -0.39 is 10.0 Å². The quantitative estimate of drug-likeness (QED) is 0.510. The Balaban J connectivity index is 1.28. The molecular formula is C22H25N3O5S2. The lowest BCUT2D eigenvalue weighted by molar-refractivity contribution is -0.126. The van der Waals surface area contributed by atoms with Crippen LogP contribution >= 0.6 is 11.3 Å². The van der Waals surface area contributed by atoms with Crippen LogP contribution in [-0.4, -0.2) is 56.5 Å². The maximum Gasteiger partial charge on any atom is 0.246 e. The van der Waals surface area contributed by atoms with Gasteiger partial charge in [-0.25, -0.2) is 13.4 Å². The van der Waals surface area contributed by atoms with Gasteiger partial charge < -0.3 is 14.8 Å². The van der Waals surface area contributed by atoms with E-state index in [9.17, 15) is 13.2 Å². The van der Waals surface area contributed by atoms with Gasteiger partial charge in [0.15, 0.2) is 0 Å². The van der Waals surface area contributed by atoms with E-state index in [0.717, 1.165) is 20.8 Å². The Kier molecular flexibility index (Phi) is 7.48. The minimum Gasteiger partial charge on any atom is -0.379 e. The maximum atomic E-state index is 12.7. The molecule has 0 radical (unpaired) electrons. The van der Waals surface area contributed by atoms with Crippen LogP contribution in [0.4, 0.5) is 0 Å². The van der Waals surface area contributed by atoms with E-state index in [0.29, 0.717) is 31.9 Å². The molecule has 0 aliphatic carbocycles. The van der Waals surface area contributed by atoms with E-state index in [2.05, 4.69) is 10.3 Å². The number of ether oxygens (including phenoxy) is 2. The summed E-state index contributed by atoms with van der Waals surface area (Å²) in [5.41, 5.74) is 2.36. The standard InChI is InChI=1S/C22H25N3O5S2/c26-21(14-30-15-22-24-19-7-3-4-8-20(19)31-22)23-13-17-5-1-2-6-18(17)16-32(27,28)25-9-11-29-12-10-25/h1-8H,9-16H2,(H,23,26). The van der Waals surface area contributed by atoms with Crippen molar-refractivity contribution < 1.29 is 22.7 Å². The summed E-state index contributed by atoms with van der Waals surface area (Å²) < 4.78 is 38.8. The van der Waals surface area contributed by atoms with Gasteiger partial charge in [0.25, 0.3) is 0 Å². The summed E-state index contributed by atoms with van der Waals surface area (Å²) in [4.78, 5) is 16.7. The average molecular weight is 476 g/mol. The first-order valence-electron chi connectivity index (χ1n) is 10.3. The van der Waals surface area contributed by atoms with Gasteiger partial charge in [-0.2, -0.15) is 4.31 Å². The number of hydrogen-bond donors (Lipinski definition) is 1. The van der Waals surface area contributed by atoms with E-state index in [1.54, 1.807) is 23.5 Å². The molecule has 0 spiro atoms. The highest BCUT2D eigenvalue weighted by Crippen LogP contribution is 2.22. The molecule has 2 heterocycles. The molecule has 170 valence electrons. The van der Waals surface area contributed by atoms with Crippen molar-refractivity contribution in [2.75, 3.05) is 32.9 Å². The number of hydrogen-bond acceptors (Lipinski definition) is 7. The molecule has 10 heteroatoms. The molecule has 3 aromatic rings. The third-order valence-corrected chi connectivity index (χ3v) is 7.93. The van der Waals surface area contributed by atoms with E-state index in [4.69, 9.17) is 9.47 Å². The minimum absolute atomic E-state index is 0.0931. The van der Waals surface area contributed by atoms with Crippen LogP contribution in [0.5, 0.6) is 0 Å². The fourth-order valence-corrected chi connectivity index (χ4v) is 5.91. The molecule has 1 fully saturated rings. The van der Waals surface area contributed by atoms with Crippen LogP contribution in [0.3, 0.4) is 0 Å². The molecule has 1 aliphatic rings. The molecule has 0 atom stereocenters. The van der Waals surface area contributed by atoms with Crippen molar-refractivity contribution in [3.8, 4) is 0 Å². The van der Waals surface area contributed by atoms with E-state index in [1.807, 2.05) is 36.4 Å². The van der Waals surface area contributed by atoms with Crippen LogP contribution in [0.1, 0.15) is 16.1 Å². The zero-order valence-electron chi connectivity index (χ0n) is 17.5. The van der Waals surface area contributed by atoms with Crippen molar-refractivity contribution in [2.45, 2.75) is 18.9 Å². The van der Waals surface area contributed by atoms with Crippen LogP contribution < -0.4 is 5.32 Å². The Hall–Kier alpha value is -2.37.